The summed E-state index contributed by atoms with van der Waals surface area (Å²) in [7, 11) is 0. The van der Waals surface area contributed by atoms with Crippen molar-refractivity contribution < 1.29 is 9.59 Å². The third-order valence-electron chi connectivity index (χ3n) is 5.05. The van der Waals surface area contributed by atoms with Gasteiger partial charge < -0.3 is 11.5 Å². The van der Waals surface area contributed by atoms with E-state index in [1.807, 2.05) is 12.1 Å². The third-order valence-corrected chi connectivity index (χ3v) is 7.46. The number of rotatable bonds is 5. The Hall–Kier alpha value is -2.87. The molecule has 0 fully saturated rings. The Balaban J connectivity index is 1.86. The maximum Gasteiger partial charge on any atom is 0.227 e. The molecule has 11 heteroatoms. The van der Waals surface area contributed by atoms with Crippen LogP contribution in [-0.4, -0.2) is 27.6 Å². The first-order valence-electron chi connectivity index (χ1n) is 9.37. The summed E-state index contributed by atoms with van der Waals surface area (Å²) in [5, 5.41) is 19.2. The zero-order valence-corrected chi connectivity index (χ0v) is 18.6. The smallest absolute Gasteiger partial charge is 0.227 e. The fraction of sp³-hybridized carbons (Fsp3) is 0.250. The number of carbonyl (C=O) groups excluding carboxylic acids is 2. The van der Waals surface area contributed by atoms with Crippen LogP contribution in [0.4, 0.5) is 5.13 Å². The van der Waals surface area contributed by atoms with Gasteiger partial charge in [-0.2, -0.15) is 5.26 Å². The van der Waals surface area contributed by atoms with Crippen LogP contribution in [-0.2, 0) is 9.59 Å². The van der Waals surface area contributed by atoms with E-state index in [1.165, 1.54) is 23.1 Å². The number of amides is 1. The van der Waals surface area contributed by atoms with Gasteiger partial charge in [0.25, 0.3) is 0 Å². The van der Waals surface area contributed by atoms with Crippen molar-refractivity contribution in [3.05, 3.63) is 57.5 Å². The molecule has 158 valence electrons. The normalized spacial score (nSPS) is 18.8. The number of nitrogens with zero attached hydrogens (tertiary/aromatic N) is 4. The van der Waals surface area contributed by atoms with E-state index >= 15 is 0 Å². The fourth-order valence-corrected chi connectivity index (χ4v) is 5.67. The molecule has 2 aromatic rings. The van der Waals surface area contributed by atoms with Crippen LogP contribution in [0.2, 0.25) is 5.02 Å². The SMILES string of the molecule is N#CC1=C(N)N(c2nnc(SCC(N)=O)s2)C2=C(C(=O)CCC2)C1c1ccccc1Cl. The van der Waals surface area contributed by atoms with Gasteiger partial charge in [0, 0.05) is 22.7 Å². The summed E-state index contributed by atoms with van der Waals surface area (Å²) in [5.41, 5.74) is 13.8. The number of halogens is 1. The summed E-state index contributed by atoms with van der Waals surface area (Å²) < 4.78 is 0.539. The molecule has 0 spiro atoms. The van der Waals surface area contributed by atoms with E-state index in [0.29, 0.717) is 50.6 Å². The second kappa shape index (κ2) is 8.70. The number of Topliss-reactive ketones (excluding diaryl/α,β-unsaturated/α-hetero) is 1. The minimum Gasteiger partial charge on any atom is -0.384 e. The second-order valence-corrected chi connectivity index (χ2v) is 9.53. The first kappa shape index (κ1) is 21.4. The number of thioether (sulfide) groups is 1. The number of hydrogen-bond acceptors (Lipinski definition) is 9. The molecule has 0 bridgehead atoms. The van der Waals surface area contributed by atoms with Crippen LogP contribution in [0.25, 0.3) is 0 Å². The quantitative estimate of drug-likeness (QED) is 0.633. The number of primary amides is 1. The third kappa shape index (κ3) is 3.92. The van der Waals surface area contributed by atoms with Crippen LogP contribution < -0.4 is 16.4 Å². The van der Waals surface area contributed by atoms with Crippen LogP contribution >= 0.6 is 34.7 Å². The van der Waals surface area contributed by atoms with Crippen molar-refractivity contribution in [1.29, 1.82) is 5.26 Å². The van der Waals surface area contributed by atoms with Crippen molar-refractivity contribution in [1.82, 2.24) is 10.2 Å². The minimum absolute atomic E-state index is 0.0377. The number of nitrogens with two attached hydrogens (primary N) is 2. The van der Waals surface area contributed by atoms with E-state index in [-0.39, 0.29) is 22.9 Å². The molecule has 2 aliphatic rings. The molecule has 8 nitrogen and oxygen atoms in total. The van der Waals surface area contributed by atoms with Crippen molar-refractivity contribution in [3.63, 3.8) is 0 Å². The largest absolute Gasteiger partial charge is 0.384 e. The van der Waals surface area contributed by atoms with Gasteiger partial charge in [0.05, 0.1) is 23.3 Å². The molecular weight excluding hydrogens is 456 g/mol. The number of hydrogen-bond donors (Lipinski definition) is 2. The Morgan fingerprint density at radius 2 is 2.13 bits per heavy atom. The summed E-state index contributed by atoms with van der Waals surface area (Å²) in [6.07, 6.45) is 1.66. The van der Waals surface area contributed by atoms with Crippen LogP contribution in [0.3, 0.4) is 0 Å². The van der Waals surface area contributed by atoms with E-state index in [2.05, 4.69) is 16.3 Å². The average Bonchev–Trinajstić information content (AvgIpc) is 3.20. The van der Waals surface area contributed by atoms with Gasteiger partial charge in [-0.3, -0.25) is 14.5 Å². The van der Waals surface area contributed by atoms with Gasteiger partial charge in [0.1, 0.15) is 5.82 Å². The molecule has 31 heavy (non-hydrogen) atoms. The van der Waals surface area contributed by atoms with Gasteiger partial charge in [-0.15, -0.1) is 10.2 Å². The predicted octanol–water partition coefficient (Wildman–Crippen LogP) is 3.07. The van der Waals surface area contributed by atoms with E-state index in [0.717, 1.165) is 0 Å². The highest BCUT2D eigenvalue weighted by Gasteiger charge is 2.41. The lowest BCUT2D eigenvalue weighted by Crippen LogP contribution is -2.38. The lowest BCUT2D eigenvalue weighted by molar-refractivity contribution is -0.116. The fourth-order valence-electron chi connectivity index (χ4n) is 3.81. The molecule has 2 heterocycles. The molecule has 0 radical (unpaired) electrons. The minimum atomic E-state index is -0.630. The number of ketones is 1. The summed E-state index contributed by atoms with van der Waals surface area (Å²) in [5.74, 6) is -0.858. The Morgan fingerprint density at radius 3 is 2.84 bits per heavy atom. The maximum atomic E-state index is 13.1. The molecule has 1 amide bonds. The molecular formula is C20H17ClN6O2S2. The van der Waals surface area contributed by atoms with Gasteiger partial charge in [-0.05, 0) is 24.5 Å². The lowest BCUT2D eigenvalue weighted by atomic mass is 9.76. The molecule has 1 aromatic heterocycles. The zero-order chi connectivity index (χ0) is 22.1. The highest BCUT2D eigenvalue weighted by molar-refractivity contribution is 8.01. The Bertz CT molecular complexity index is 1180. The monoisotopic (exact) mass is 472 g/mol. The van der Waals surface area contributed by atoms with Crippen LogP contribution in [0.1, 0.15) is 30.7 Å². The van der Waals surface area contributed by atoms with Gasteiger partial charge >= 0.3 is 0 Å². The zero-order valence-electron chi connectivity index (χ0n) is 16.2. The maximum absolute atomic E-state index is 13.1. The van der Waals surface area contributed by atoms with Crippen molar-refractivity contribution in [3.8, 4) is 6.07 Å². The van der Waals surface area contributed by atoms with Crippen LogP contribution in [0.15, 0.2) is 51.3 Å². The number of allylic oxidation sites excluding steroid dienone is 3. The average molecular weight is 473 g/mol. The molecule has 1 aliphatic carbocycles. The van der Waals surface area contributed by atoms with Gasteiger partial charge in [0.15, 0.2) is 10.1 Å². The standard InChI is InChI=1S/C20H17ClN6O2S2/c21-12-5-2-1-4-10(12)16-11(8-22)18(24)27(13-6-3-7-14(28)17(13)16)19-25-26-20(31-19)30-9-15(23)29/h1-2,4-5,16H,3,6-7,9,24H2,(H2,23,29). The Kier molecular flexibility index (Phi) is 6.00. The van der Waals surface area contributed by atoms with Gasteiger partial charge in [0.2, 0.25) is 11.0 Å². The van der Waals surface area contributed by atoms with Crippen LogP contribution in [0.5, 0.6) is 0 Å². The summed E-state index contributed by atoms with van der Waals surface area (Å²) >= 11 is 8.83. The summed E-state index contributed by atoms with van der Waals surface area (Å²) in [4.78, 5) is 25.8. The molecule has 0 saturated heterocycles. The van der Waals surface area contributed by atoms with E-state index in [4.69, 9.17) is 23.1 Å². The van der Waals surface area contributed by atoms with Crippen molar-refractivity contribution in [2.75, 3.05) is 10.7 Å². The predicted molar refractivity (Wildman–Crippen MR) is 119 cm³/mol. The number of benzene rings is 1. The molecule has 4 rings (SSSR count). The van der Waals surface area contributed by atoms with Gasteiger partial charge in [-0.1, -0.05) is 52.9 Å². The van der Waals surface area contributed by atoms with E-state index in [1.54, 1.807) is 17.0 Å². The van der Waals surface area contributed by atoms with Crippen molar-refractivity contribution in [2.45, 2.75) is 29.5 Å². The first-order chi connectivity index (χ1) is 14.9. The van der Waals surface area contributed by atoms with Gasteiger partial charge in [-0.25, -0.2) is 0 Å². The highest BCUT2D eigenvalue weighted by Crippen LogP contribution is 2.48. The summed E-state index contributed by atoms with van der Waals surface area (Å²) in [6.45, 7) is 0. The van der Waals surface area contributed by atoms with Crippen molar-refractivity contribution in [2.24, 2.45) is 11.5 Å². The number of nitriles is 1. The van der Waals surface area contributed by atoms with Crippen LogP contribution in [0, 0.1) is 11.3 Å². The molecule has 1 atom stereocenters. The Morgan fingerprint density at radius 1 is 1.35 bits per heavy atom. The number of aromatic nitrogens is 2. The van der Waals surface area contributed by atoms with E-state index < -0.39 is 11.8 Å². The lowest BCUT2D eigenvalue weighted by Gasteiger charge is -2.38. The molecule has 1 aliphatic heterocycles. The number of carbonyl (C=O) groups is 2. The summed E-state index contributed by atoms with van der Waals surface area (Å²) in [6, 6.07) is 9.34. The topological polar surface area (TPSA) is 139 Å². The first-order valence-corrected chi connectivity index (χ1v) is 11.6. The van der Waals surface area contributed by atoms with Crippen molar-refractivity contribution >= 4 is 51.5 Å². The second-order valence-electron chi connectivity index (χ2n) is 6.94. The highest BCUT2D eigenvalue weighted by atomic mass is 35.5. The molecule has 1 aromatic carbocycles. The Labute approximate surface area is 191 Å². The van der Waals surface area contributed by atoms with E-state index in [9.17, 15) is 14.9 Å². The molecule has 0 saturated carbocycles. The molecule has 1 unspecified atom stereocenters. The number of anilines is 1. The molecule has 4 N–H and O–H groups in total.